The number of hydrogen-bond acceptors (Lipinski definition) is 12. The number of thiocarbonyl (C=S) groups is 1. The molecule has 2 amide bonds. The van der Waals surface area contributed by atoms with Gasteiger partial charge < -0.3 is 61.1 Å². The molecule has 10 N–H and O–H groups in total. The SMILES string of the molecule is CC(=O)N[C@@H]1[C@@H](O)[C@H](O)[C@@H](CO)O[C@H]1NC(=O)C[C@H](NC(=S)Nc1ccc(-c2c3ccc(=O)cc-3oc3cc(O)ccc23)c(C(=O)O)c1)C(=O)O. The van der Waals surface area contributed by atoms with Crippen LogP contribution in [0.1, 0.15) is 23.7 Å². The van der Waals surface area contributed by atoms with Crippen molar-refractivity contribution in [2.24, 2.45) is 0 Å². The molecule has 1 aliphatic carbocycles. The van der Waals surface area contributed by atoms with E-state index in [4.69, 9.17) is 21.4 Å². The van der Waals surface area contributed by atoms with E-state index in [1.165, 1.54) is 48.5 Å². The number of ether oxygens (including phenoxy) is 1. The van der Waals surface area contributed by atoms with Crippen molar-refractivity contribution in [3.63, 3.8) is 0 Å². The van der Waals surface area contributed by atoms with Crippen LogP contribution in [0.3, 0.4) is 0 Å². The summed E-state index contributed by atoms with van der Waals surface area (Å²) in [6.45, 7) is 0.391. The molecule has 268 valence electrons. The minimum absolute atomic E-state index is 0.114. The average molecular weight is 725 g/mol. The largest absolute Gasteiger partial charge is 0.508 e. The minimum atomic E-state index is -1.65. The number of aromatic hydroxyl groups is 1. The number of nitrogens with one attached hydrogen (secondary N) is 4. The van der Waals surface area contributed by atoms with Gasteiger partial charge in [-0.25, -0.2) is 9.59 Å². The maximum atomic E-state index is 12.9. The fraction of sp³-hybridized carbons (Fsp3) is 0.273. The Labute approximate surface area is 292 Å². The van der Waals surface area contributed by atoms with Crippen LogP contribution in [0.4, 0.5) is 5.69 Å². The molecule has 1 fully saturated rings. The quantitative estimate of drug-likeness (QED) is 0.0770. The number of benzene rings is 3. The van der Waals surface area contributed by atoms with Gasteiger partial charge in [0.05, 0.1) is 18.6 Å². The van der Waals surface area contributed by atoms with Crippen LogP contribution < -0.4 is 26.7 Å². The normalized spacial score (nSPS) is 20.7. The van der Waals surface area contributed by atoms with Gasteiger partial charge in [-0.15, -0.1) is 0 Å². The van der Waals surface area contributed by atoms with E-state index in [-0.39, 0.29) is 44.4 Å². The summed E-state index contributed by atoms with van der Waals surface area (Å²) in [5, 5.41) is 70.2. The van der Waals surface area contributed by atoms with Crippen LogP contribution in [-0.2, 0) is 19.1 Å². The maximum Gasteiger partial charge on any atom is 0.336 e. The number of rotatable bonds is 10. The molecule has 51 heavy (non-hydrogen) atoms. The third-order valence-electron chi connectivity index (χ3n) is 8.05. The Morgan fingerprint density at radius 2 is 1.67 bits per heavy atom. The van der Waals surface area contributed by atoms with Crippen LogP contribution in [0, 0.1) is 0 Å². The summed E-state index contributed by atoms with van der Waals surface area (Å²) < 4.78 is 11.3. The number of aliphatic hydroxyl groups is 3. The fourth-order valence-electron chi connectivity index (χ4n) is 5.73. The number of hydrogen-bond donors (Lipinski definition) is 10. The molecule has 2 heterocycles. The topological polar surface area (TPSA) is 277 Å². The monoisotopic (exact) mass is 724 g/mol. The molecule has 3 aliphatic rings. The Bertz CT molecular complexity index is 2050. The molecule has 0 bridgehead atoms. The molecule has 6 atom stereocenters. The number of carbonyl (C=O) groups excluding carboxylic acids is 2. The highest BCUT2D eigenvalue weighted by Crippen LogP contribution is 2.42. The summed E-state index contributed by atoms with van der Waals surface area (Å²) in [7, 11) is 0. The van der Waals surface area contributed by atoms with Crippen LogP contribution in [0.15, 0.2) is 63.8 Å². The predicted molar refractivity (Wildman–Crippen MR) is 182 cm³/mol. The lowest BCUT2D eigenvalue weighted by Crippen LogP contribution is -2.68. The lowest BCUT2D eigenvalue weighted by molar-refractivity contribution is -0.203. The highest BCUT2D eigenvalue weighted by Gasteiger charge is 2.45. The van der Waals surface area contributed by atoms with E-state index in [2.05, 4.69) is 21.3 Å². The van der Waals surface area contributed by atoms with Crippen LogP contribution >= 0.6 is 12.2 Å². The number of aliphatic carboxylic acids is 1. The second-order valence-electron chi connectivity index (χ2n) is 11.6. The van der Waals surface area contributed by atoms with Crippen molar-refractivity contribution < 1.29 is 59.0 Å². The van der Waals surface area contributed by atoms with E-state index in [0.717, 1.165) is 6.92 Å². The predicted octanol–water partition coefficient (Wildman–Crippen LogP) is 0.158. The first-order chi connectivity index (χ1) is 24.2. The van der Waals surface area contributed by atoms with Gasteiger partial charge in [-0.1, -0.05) is 6.07 Å². The van der Waals surface area contributed by atoms with E-state index in [9.17, 15) is 54.6 Å². The van der Waals surface area contributed by atoms with Gasteiger partial charge >= 0.3 is 11.9 Å². The lowest BCUT2D eigenvalue weighted by Gasteiger charge is -2.42. The molecule has 2 aromatic rings. The molecule has 0 saturated carbocycles. The standard InChI is InChI=1S/C33H32N4O13S/c1-13(39)34-27-29(44)28(43)24(12-38)50-30(27)37-25(42)11-21(32(47)48)36-33(51)35-14-2-5-17(20(8-14)31(45)46)26-18-6-3-15(40)9-22(18)49-23-10-16(41)4-7-19(23)26/h2-10,21,24,27-30,38,40,43-44H,11-12H2,1H3,(H,34,39)(H,37,42)(H,45,46)(H,47,48)(H2,35,36,51)/t21-,24+,27+,28+,29+,30+/m0/s1. The summed E-state index contributed by atoms with van der Waals surface area (Å²) in [5.74, 6) is -4.35. The summed E-state index contributed by atoms with van der Waals surface area (Å²) in [6, 6.07) is 9.54. The zero-order valence-corrected chi connectivity index (χ0v) is 27.3. The van der Waals surface area contributed by atoms with Crippen molar-refractivity contribution in [3.8, 4) is 28.2 Å². The second kappa shape index (κ2) is 15.1. The number of phenolic OH excluding ortho intramolecular Hbond substituents is 1. The molecule has 17 nitrogen and oxygen atoms in total. The Kier molecular flexibility index (Phi) is 10.8. The Morgan fingerprint density at radius 3 is 2.33 bits per heavy atom. The van der Waals surface area contributed by atoms with Gasteiger partial charge in [-0.2, -0.15) is 0 Å². The van der Waals surface area contributed by atoms with Gasteiger partial charge in [0, 0.05) is 41.3 Å². The zero-order valence-electron chi connectivity index (χ0n) is 26.5. The number of aromatic carboxylic acids is 1. The van der Waals surface area contributed by atoms with E-state index in [1.54, 1.807) is 6.07 Å². The number of fused-ring (bicyclic) bond motifs is 2. The third kappa shape index (κ3) is 8.05. The summed E-state index contributed by atoms with van der Waals surface area (Å²) in [4.78, 5) is 61.3. The van der Waals surface area contributed by atoms with Gasteiger partial charge in [0.2, 0.25) is 11.8 Å². The van der Waals surface area contributed by atoms with Gasteiger partial charge in [0.1, 0.15) is 47.5 Å². The molecule has 0 unspecified atom stereocenters. The summed E-state index contributed by atoms with van der Waals surface area (Å²) >= 11 is 5.27. The van der Waals surface area contributed by atoms with Crippen molar-refractivity contribution in [3.05, 3.63) is 70.4 Å². The number of amides is 2. The first kappa shape index (κ1) is 36.6. The number of carbonyl (C=O) groups is 4. The molecule has 1 saturated heterocycles. The van der Waals surface area contributed by atoms with Crippen molar-refractivity contribution in [2.45, 2.75) is 50.0 Å². The van der Waals surface area contributed by atoms with Crippen LogP contribution in [-0.4, -0.2) is 103 Å². The fourth-order valence-corrected chi connectivity index (χ4v) is 5.99. The first-order valence-electron chi connectivity index (χ1n) is 15.2. The number of anilines is 1. The van der Waals surface area contributed by atoms with Gasteiger partial charge in [-0.3, -0.25) is 14.4 Å². The van der Waals surface area contributed by atoms with Crippen LogP contribution in [0.2, 0.25) is 0 Å². The van der Waals surface area contributed by atoms with Crippen LogP contribution in [0.25, 0.3) is 33.4 Å². The Hall–Kier alpha value is -5.66. The molecular formula is C33H32N4O13S. The Morgan fingerprint density at radius 1 is 0.941 bits per heavy atom. The second-order valence-corrected chi connectivity index (χ2v) is 12.0. The van der Waals surface area contributed by atoms with Gasteiger partial charge in [0.15, 0.2) is 16.8 Å². The average Bonchev–Trinajstić information content (AvgIpc) is 3.06. The molecule has 0 radical (unpaired) electrons. The van der Waals surface area contributed by atoms with Crippen LogP contribution in [0.5, 0.6) is 5.75 Å². The van der Waals surface area contributed by atoms with E-state index >= 15 is 0 Å². The first-order valence-corrected chi connectivity index (χ1v) is 15.6. The summed E-state index contributed by atoms with van der Waals surface area (Å²) in [6.07, 6.45) is -6.77. The number of carboxylic acids is 2. The molecule has 0 spiro atoms. The highest BCUT2D eigenvalue weighted by molar-refractivity contribution is 7.80. The number of aliphatic hydroxyl groups excluding tert-OH is 3. The molecule has 2 aliphatic heterocycles. The maximum absolute atomic E-state index is 12.9. The van der Waals surface area contributed by atoms with E-state index < -0.39 is 73.4 Å². The van der Waals surface area contributed by atoms with Crippen molar-refractivity contribution in [1.82, 2.24) is 16.0 Å². The molecular weight excluding hydrogens is 692 g/mol. The van der Waals surface area contributed by atoms with Crippen molar-refractivity contribution in [2.75, 3.05) is 11.9 Å². The minimum Gasteiger partial charge on any atom is -0.508 e. The molecule has 18 heteroatoms. The van der Waals surface area contributed by atoms with Crippen molar-refractivity contribution >= 4 is 57.7 Å². The smallest absolute Gasteiger partial charge is 0.336 e. The Balaban J connectivity index is 1.35. The highest BCUT2D eigenvalue weighted by atomic mass is 32.1. The third-order valence-corrected chi connectivity index (χ3v) is 8.27. The zero-order chi connectivity index (χ0) is 37.1. The van der Waals surface area contributed by atoms with Crippen molar-refractivity contribution in [1.29, 1.82) is 0 Å². The lowest BCUT2D eigenvalue weighted by atomic mass is 9.90. The van der Waals surface area contributed by atoms with Gasteiger partial charge in [-0.05, 0) is 54.2 Å². The number of phenols is 1. The molecule has 5 rings (SSSR count). The van der Waals surface area contributed by atoms with E-state index in [0.29, 0.717) is 16.5 Å². The summed E-state index contributed by atoms with van der Waals surface area (Å²) in [5.41, 5.74) is 0.827. The van der Waals surface area contributed by atoms with E-state index in [1.807, 2.05) is 0 Å². The molecule has 2 aromatic carbocycles. The molecule has 0 aromatic heterocycles. The number of carboxylic acid groups (broad SMARTS) is 2. The van der Waals surface area contributed by atoms with Gasteiger partial charge in [0.25, 0.3) is 0 Å².